The van der Waals surface area contributed by atoms with E-state index in [1.807, 2.05) is 18.2 Å². The molecular formula is C24H29Cl2N3S. The molecule has 0 radical (unpaired) electrons. The Kier molecular flexibility index (Phi) is 9.86. The standard InChI is InChI=1S/C24H27N3S.2ClH/c1-19-23(28-24(25-19)26-22-11-6-3-7-12-22)13-8-16-27-17-14-21(15-18-27)20-9-4-2-5-10-20;;/h2-7,9-12,14H,8,13,15-18H2,1H3,(H,25,26);2*1H. The van der Waals surface area contributed by atoms with E-state index in [1.54, 1.807) is 11.3 Å². The SMILES string of the molecule is Cc1nc(Nc2ccccc2)sc1CCCN1CC=C(c2ccccc2)CC1.Cl.Cl. The Hall–Kier alpha value is -1.85. The molecule has 0 bridgehead atoms. The molecule has 0 saturated heterocycles. The summed E-state index contributed by atoms with van der Waals surface area (Å²) >= 11 is 1.79. The van der Waals surface area contributed by atoms with Crippen LogP contribution >= 0.6 is 36.2 Å². The Balaban J connectivity index is 0.00000160. The lowest BCUT2D eigenvalue weighted by Crippen LogP contribution is -2.29. The molecule has 1 aromatic heterocycles. The molecule has 2 aromatic carbocycles. The maximum atomic E-state index is 4.70. The average molecular weight is 462 g/mol. The van der Waals surface area contributed by atoms with Crippen LogP contribution in [0.25, 0.3) is 5.57 Å². The van der Waals surface area contributed by atoms with E-state index >= 15 is 0 Å². The number of nitrogens with zero attached hydrogens (tertiary/aromatic N) is 2. The van der Waals surface area contributed by atoms with E-state index < -0.39 is 0 Å². The number of hydrogen-bond acceptors (Lipinski definition) is 4. The van der Waals surface area contributed by atoms with Gasteiger partial charge < -0.3 is 5.32 Å². The zero-order chi connectivity index (χ0) is 19.2. The summed E-state index contributed by atoms with van der Waals surface area (Å²) in [6.07, 6.45) is 5.83. The van der Waals surface area contributed by atoms with Crippen molar-refractivity contribution >= 4 is 52.5 Å². The van der Waals surface area contributed by atoms with Crippen molar-refractivity contribution in [3.8, 4) is 0 Å². The van der Waals surface area contributed by atoms with Crippen LogP contribution in [-0.4, -0.2) is 29.5 Å². The first kappa shape index (κ1) is 24.4. The molecule has 0 saturated carbocycles. The topological polar surface area (TPSA) is 28.2 Å². The maximum Gasteiger partial charge on any atom is 0.187 e. The van der Waals surface area contributed by atoms with Crippen LogP contribution < -0.4 is 5.32 Å². The summed E-state index contributed by atoms with van der Waals surface area (Å²) < 4.78 is 0. The van der Waals surface area contributed by atoms with E-state index in [0.717, 1.165) is 49.0 Å². The molecule has 30 heavy (non-hydrogen) atoms. The van der Waals surface area contributed by atoms with Gasteiger partial charge in [-0.25, -0.2) is 4.98 Å². The van der Waals surface area contributed by atoms with Gasteiger partial charge in [0.1, 0.15) is 0 Å². The normalized spacial score (nSPS) is 13.7. The van der Waals surface area contributed by atoms with Crippen molar-refractivity contribution in [1.82, 2.24) is 9.88 Å². The first-order valence-electron chi connectivity index (χ1n) is 10.0. The highest BCUT2D eigenvalue weighted by Gasteiger charge is 2.13. The third-order valence-electron chi connectivity index (χ3n) is 5.23. The second-order valence-electron chi connectivity index (χ2n) is 7.27. The lowest BCUT2D eigenvalue weighted by molar-refractivity contribution is 0.298. The molecule has 0 unspecified atom stereocenters. The van der Waals surface area contributed by atoms with Gasteiger partial charge in [-0.1, -0.05) is 54.6 Å². The summed E-state index contributed by atoms with van der Waals surface area (Å²) in [6, 6.07) is 21.0. The van der Waals surface area contributed by atoms with Crippen molar-refractivity contribution in [2.24, 2.45) is 0 Å². The minimum Gasteiger partial charge on any atom is -0.332 e. The van der Waals surface area contributed by atoms with Crippen LogP contribution in [0.1, 0.15) is 29.0 Å². The molecular weight excluding hydrogens is 433 g/mol. The summed E-state index contributed by atoms with van der Waals surface area (Å²) in [7, 11) is 0. The fourth-order valence-electron chi connectivity index (χ4n) is 3.65. The summed E-state index contributed by atoms with van der Waals surface area (Å²) in [6.45, 7) is 5.49. The van der Waals surface area contributed by atoms with Gasteiger partial charge in [0, 0.05) is 23.7 Å². The molecule has 1 aliphatic rings. The van der Waals surface area contributed by atoms with Gasteiger partial charge in [0.05, 0.1) is 5.69 Å². The lowest BCUT2D eigenvalue weighted by atomic mass is 9.99. The highest BCUT2D eigenvalue weighted by atomic mass is 35.5. The number of aromatic nitrogens is 1. The van der Waals surface area contributed by atoms with Gasteiger partial charge in [-0.2, -0.15) is 0 Å². The first-order valence-corrected chi connectivity index (χ1v) is 10.8. The van der Waals surface area contributed by atoms with Crippen molar-refractivity contribution in [2.45, 2.75) is 26.2 Å². The minimum absolute atomic E-state index is 0. The zero-order valence-corrected chi connectivity index (χ0v) is 19.7. The fraction of sp³-hybridized carbons (Fsp3) is 0.292. The second-order valence-corrected chi connectivity index (χ2v) is 8.35. The van der Waals surface area contributed by atoms with Crippen LogP contribution in [0.4, 0.5) is 10.8 Å². The van der Waals surface area contributed by atoms with Gasteiger partial charge in [0.15, 0.2) is 5.13 Å². The molecule has 3 nitrogen and oxygen atoms in total. The number of hydrogen-bond donors (Lipinski definition) is 1. The number of halogens is 2. The molecule has 0 atom stereocenters. The molecule has 1 aliphatic heterocycles. The lowest BCUT2D eigenvalue weighted by Gasteiger charge is -2.26. The number of anilines is 2. The van der Waals surface area contributed by atoms with Crippen LogP contribution in [0.15, 0.2) is 66.7 Å². The van der Waals surface area contributed by atoms with Crippen molar-refractivity contribution < 1.29 is 0 Å². The Labute approximate surface area is 196 Å². The highest BCUT2D eigenvalue weighted by Crippen LogP contribution is 2.27. The summed E-state index contributed by atoms with van der Waals surface area (Å²) in [5.41, 5.74) is 5.12. The second kappa shape index (κ2) is 12.1. The predicted molar refractivity (Wildman–Crippen MR) is 135 cm³/mol. The first-order chi connectivity index (χ1) is 13.8. The molecule has 0 spiro atoms. The van der Waals surface area contributed by atoms with Crippen LogP contribution in [-0.2, 0) is 6.42 Å². The van der Waals surface area contributed by atoms with Gasteiger partial charge in [0.2, 0.25) is 0 Å². The Morgan fingerprint density at radius 2 is 1.70 bits per heavy atom. The number of aryl methyl sites for hydroxylation is 2. The van der Waals surface area contributed by atoms with Gasteiger partial charge in [-0.05, 0) is 56.0 Å². The van der Waals surface area contributed by atoms with E-state index in [2.05, 4.69) is 65.7 Å². The Morgan fingerprint density at radius 3 is 2.37 bits per heavy atom. The van der Waals surface area contributed by atoms with E-state index in [0.29, 0.717) is 0 Å². The molecule has 6 heteroatoms. The van der Waals surface area contributed by atoms with Gasteiger partial charge in [0.25, 0.3) is 0 Å². The van der Waals surface area contributed by atoms with Crippen LogP contribution in [0.5, 0.6) is 0 Å². The number of thiazole rings is 1. The average Bonchev–Trinajstić information content (AvgIpc) is 3.09. The van der Waals surface area contributed by atoms with Gasteiger partial charge >= 0.3 is 0 Å². The minimum atomic E-state index is 0. The number of benzene rings is 2. The molecule has 160 valence electrons. The molecule has 0 aliphatic carbocycles. The fourth-order valence-corrected chi connectivity index (χ4v) is 4.67. The summed E-state index contributed by atoms with van der Waals surface area (Å²) in [4.78, 5) is 8.66. The molecule has 0 fully saturated rings. The van der Waals surface area contributed by atoms with Crippen molar-refractivity contribution in [1.29, 1.82) is 0 Å². The van der Waals surface area contributed by atoms with Crippen molar-refractivity contribution in [3.05, 3.63) is 82.9 Å². The van der Waals surface area contributed by atoms with Gasteiger partial charge in [-0.15, -0.1) is 36.2 Å². The van der Waals surface area contributed by atoms with E-state index in [1.165, 1.54) is 22.4 Å². The highest BCUT2D eigenvalue weighted by molar-refractivity contribution is 7.15. The van der Waals surface area contributed by atoms with E-state index in [9.17, 15) is 0 Å². The summed E-state index contributed by atoms with van der Waals surface area (Å²) in [5.74, 6) is 0. The quantitative estimate of drug-likeness (QED) is 0.420. The largest absolute Gasteiger partial charge is 0.332 e. The van der Waals surface area contributed by atoms with Crippen LogP contribution in [0.2, 0.25) is 0 Å². The van der Waals surface area contributed by atoms with Crippen molar-refractivity contribution in [3.63, 3.8) is 0 Å². The van der Waals surface area contributed by atoms with E-state index in [-0.39, 0.29) is 24.8 Å². The summed E-state index contributed by atoms with van der Waals surface area (Å²) in [5, 5.41) is 4.41. The van der Waals surface area contributed by atoms with Crippen LogP contribution in [0, 0.1) is 6.92 Å². The van der Waals surface area contributed by atoms with E-state index in [4.69, 9.17) is 4.98 Å². The number of nitrogens with one attached hydrogen (secondary N) is 1. The molecule has 3 aromatic rings. The Morgan fingerprint density at radius 1 is 1.00 bits per heavy atom. The number of rotatable bonds is 7. The molecule has 0 amide bonds. The van der Waals surface area contributed by atoms with Crippen molar-refractivity contribution in [2.75, 3.05) is 25.0 Å². The molecule has 1 N–H and O–H groups in total. The monoisotopic (exact) mass is 461 g/mol. The number of para-hydroxylation sites is 1. The predicted octanol–water partition coefficient (Wildman–Crippen LogP) is 6.76. The third kappa shape index (κ3) is 6.58. The molecule has 2 heterocycles. The maximum absolute atomic E-state index is 4.70. The zero-order valence-electron chi connectivity index (χ0n) is 17.2. The smallest absolute Gasteiger partial charge is 0.187 e. The third-order valence-corrected chi connectivity index (χ3v) is 6.37. The van der Waals surface area contributed by atoms with Crippen LogP contribution in [0.3, 0.4) is 0 Å². The van der Waals surface area contributed by atoms with Gasteiger partial charge in [-0.3, -0.25) is 4.90 Å². The molecule has 4 rings (SSSR count). The Bertz CT molecular complexity index is 926.